The van der Waals surface area contributed by atoms with Crippen LogP contribution in [0.25, 0.3) is 0 Å². The van der Waals surface area contributed by atoms with Crippen molar-refractivity contribution in [3.05, 3.63) is 83.4 Å². The van der Waals surface area contributed by atoms with Crippen molar-refractivity contribution in [1.29, 1.82) is 0 Å². The molecule has 168 valence electrons. The number of carbonyl (C=O) groups excluding carboxylic acids is 1. The van der Waals surface area contributed by atoms with Crippen LogP contribution >= 0.6 is 0 Å². The van der Waals surface area contributed by atoms with Crippen LogP contribution in [0.2, 0.25) is 0 Å². The fourth-order valence-electron chi connectivity index (χ4n) is 3.75. The van der Waals surface area contributed by atoms with E-state index in [4.69, 9.17) is 4.74 Å². The molecule has 0 saturated carbocycles. The van der Waals surface area contributed by atoms with E-state index >= 15 is 0 Å². The van der Waals surface area contributed by atoms with Gasteiger partial charge < -0.3 is 14.6 Å². The van der Waals surface area contributed by atoms with Crippen LogP contribution in [0.4, 0.5) is 0 Å². The maximum Gasteiger partial charge on any atom is 0.251 e. The third-order valence-electron chi connectivity index (χ3n) is 5.57. The molecule has 1 aliphatic rings. The number of nitrogens with one attached hydrogen (secondary N) is 1. The van der Waals surface area contributed by atoms with Crippen molar-refractivity contribution in [3.8, 4) is 5.75 Å². The van der Waals surface area contributed by atoms with Crippen LogP contribution in [-0.4, -0.2) is 54.1 Å². The zero-order valence-corrected chi connectivity index (χ0v) is 18.7. The maximum absolute atomic E-state index is 12.8. The largest absolute Gasteiger partial charge is 0.497 e. The molecule has 1 amide bonds. The highest BCUT2D eigenvalue weighted by Crippen LogP contribution is 2.25. The molecule has 0 aliphatic carbocycles. The minimum Gasteiger partial charge on any atom is -0.497 e. The standard InChI is InChI=1S/C23H26N4O4S/c1-31-22-7-6-21-16-27(11-8-20(21)14-22)32(29,30)13-10-25-23(28)19-4-2-18(3-5-19)15-26-12-9-24-17-26/h2-7,9,12,14,17H,8,10-11,13,15-16H2,1H3,(H,25,28). The summed E-state index contributed by atoms with van der Waals surface area (Å²) in [5.41, 5.74) is 3.64. The second kappa shape index (κ2) is 9.54. The van der Waals surface area contributed by atoms with Crippen molar-refractivity contribution in [3.63, 3.8) is 0 Å². The molecule has 0 spiro atoms. The normalized spacial score (nSPS) is 14.0. The van der Waals surface area contributed by atoms with E-state index in [2.05, 4.69) is 10.3 Å². The van der Waals surface area contributed by atoms with Gasteiger partial charge in [0, 0.05) is 44.1 Å². The molecule has 0 unspecified atom stereocenters. The van der Waals surface area contributed by atoms with E-state index in [1.807, 2.05) is 41.1 Å². The first kappa shape index (κ1) is 22.0. The summed E-state index contributed by atoms with van der Waals surface area (Å²) in [4.78, 5) is 16.4. The number of nitrogens with zero attached hydrogens (tertiary/aromatic N) is 3. The van der Waals surface area contributed by atoms with Crippen molar-refractivity contribution in [2.45, 2.75) is 19.5 Å². The van der Waals surface area contributed by atoms with Gasteiger partial charge in [0.25, 0.3) is 5.91 Å². The molecule has 1 aromatic heterocycles. The number of hydrogen-bond acceptors (Lipinski definition) is 5. The predicted molar refractivity (Wildman–Crippen MR) is 121 cm³/mol. The Labute approximate surface area is 187 Å². The lowest BCUT2D eigenvalue weighted by Crippen LogP contribution is -2.40. The number of aromatic nitrogens is 2. The molecular weight excluding hydrogens is 428 g/mol. The number of amides is 1. The van der Waals surface area contributed by atoms with Crippen molar-refractivity contribution < 1.29 is 17.9 Å². The van der Waals surface area contributed by atoms with E-state index in [9.17, 15) is 13.2 Å². The summed E-state index contributed by atoms with van der Waals surface area (Å²) < 4.78 is 34.2. The third kappa shape index (κ3) is 5.17. The van der Waals surface area contributed by atoms with Gasteiger partial charge in [0.15, 0.2) is 0 Å². The Bertz CT molecular complexity index is 1180. The van der Waals surface area contributed by atoms with Gasteiger partial charge in [-0.2, -0.15) is 4.31 Å². The van der Waals surface area contributed by atoms with Gasteiger partial charge in [0.05, 0.1) is 19.2 Å². The minimum atomic E-state index is -3.48. The molecular formula is C23H26N4O4S. The van der Waals surface area contributed by atoms with Crippen molar-refractivity contribution in [2.24, 2.45) is 0 Å². The molecule has 1 aliphatic heterocycles. The smallest absolute Gasteiger partial charge is 0.251 e. The number of ether oxygens (including phenoxy) is 1. The topological polar surface area (TPSA) is 93.5 Å². The highest BCUT2D eigenvalue weighted by atomic mass is 32.2. The minimum absolute atomic E-state index is 0.0594. The Kier molecular flexibility index (Phi) is 6.57. The number of sulfonamides is 1. The summed E-state index contributed by atoms with van der Waals surface area (Å²) in [5.74, 6) is 0.353. The van der Waals surface area contributed by atoms with Crippen LogP contribution in [0.15, 0.2) is 61.2 Å². The molecule has 4 rings (SSSR count). The number of carbonyl (C=O) groups is 1. The maximum atomic E-state index is 12.8. The highest BCUT2D eigenvalue weighted by Gasteiger charge is 2.26. The fourth-order valence-corrected chi connectivity index (χ4v) is 5.07. The zero-order chi connectivity index (χ0) is 22.6. The molecule has 0 saturated heterocycles. The molecule has 0 bridgehead atoms. The van der Waals surface area contributed by atoms with E-state index in [0.29, 0.717) is 31.6 Å². The van der Waals surface area contributed by atoms with Crippen LogP contribution in [0.1, 0.15) is 27.0 Å². The number of benzene rings is 2. The summed E-state index contributed by atoms with van der Waals surface area (Å²) >= 11 is 0. The summed E-state index contributed by atoms with van der Waals surface area (Å²) in [6.07, 6.45) is 5.97. The Morgan fingerprint density at radius 2 is 1.97 bits per heavy atom. The Morgan fingerprint density at radius 3 is 2.69 bits per heavy atom. The second-order valence-corrected chi connectivity index (χ2v) is 9.81. The lowest BCUT2D eigenvalue weighted by Gasteiger charge is -2.28. The quantitative estimate of drug-likeness (QED) is 0.562. The van der Waals surface area contributed by atoms with Gasteiger partial charge >= 0.3 is 0 Å². The van der Waals surface area contributed by atoms with Crippen molar-refractivity contribution in [2.75, 3.05) is 26.0 Å². The molecule has 3 aromatic rings. The monoisotopic (exact) mass is 454 g/mol. The zero-order valence-electron chi connectivity index (χ0n) is 17.9. The van der Waals surface area contributed by atoms with Crippen LogP contribution in [0.5, 0.6) is 5.75 Å². The number of fused-ring (bicyclic) bond motifs is 1. The summed E-state index contributed by atoms with van der Waals surface area (Å²) in [5, 5.41) is 2.72. The molecule has 2 aromatic carbocycles. The first-order valence-electron chi connectivity index (χ1n) is 10.4. The van der Waals surface area contributed by atoms with E-state index in [1.165, 1.54) is 4.31 Å². The Balaban J connectivity index is 1.29. The third-order valence-corrected chi connectivity index (χ3v) is 7.39. The van der Waals surface area contributed by atoms with E-state index in [-0.39, 0.29) is 18.2 Å². The molecule has 9 heteroatoms. The first-order valence-corrected chi connectivity index (χ1v) is 12.0. The van der Waals surface area contributed by atoms with Gasteiger partial charge in [0.2, 0.25) is 10.0 Å². The first-order chi connectivity index (χ1) is 15.4. The van der Waals surface area contributed by atoms with Gasteiger partial charge in [-0.1, -0.05) is 18.2 Å². The van der Waals surface area contributed by atoms with Gasteiger partial charge in [-0.15, -0.1) is 0 Å². The molecule has 0 radical (unpaired) electrons. The molecule has 1 N–H and O–H groups in total. The average Bonchev–Trinajstić information content (AvgIpc) is 3.31. The number of hydrogen-bond donors (Lipinski definition) is 1. The van der Waals surface area contributed by atoms with E-state index < -0.39 is 10.0 Å². The lowest BCUT2D eigenvalue weighted by molar-refractivity contribution is 0.0956. The van der Waals surface area contributed by atoms with Crippen LogP contribution in [-0.2, 0) is 29.5 Å². The fraction of sp³-hybridized carbons (Fsp3) is 0.304. The highest BCUT2D eigenvalue weighted by molar-refractivity contribution is 7.89. The lowest BCUT2D eigenvalue weighted by atomic mass is 10.0. The van der Waals surface area contributed by atoms with Gasteiger partial charge in [0.1, 0.15) is 5.75 Å². The van der Waals surface area contributed by atoms with Gasteiger partial charge in [-0.05, 0) is 47.4 Å². The summed E-state index contributed by atoms with van der Waals surface area (Å²) in [6.45, 7) is 1.50. The Hall–Kier alpha value is -3.17. The predicted octanol–water partition coefficient (Wildman–Crippen LogP) is 2.06. The molecule has 2 heterocycles. The summed E-state index contributed by atoms with van der Waals surface area (Å²) in [7, 11) is -1.86. The number of methoxy groups -OCH3 is 1. The molecule has 32 heavy (non-hydrogen) atoms. The summed E-state index contributed by atoms with van der Waals surface area (Å²) in [6, 6.07) is 13.0. The number of imidazole rings is 1. The molecule has 8 nitrogen and oxygen atoms in total. The van der Waals surface area contributed by atoms with Crippen molar-refractivity contribution in [1.82, 2.24) is 19.2 Å². The van der Waals surface area contributed by atoms with Crippen LogP contribution < -0.4 is 10.1 Å². The van der Waals surface area contributed by atoms with E-state index in [1.54, 1.807) is 31.8 Å². The molecule has 0 atom stereocenters. The second-order valence-electron chi connectivity index (χ2n) is 7.72. The van der Waals surface area contributed by atoms with E-state index in [0.717, 1.165) is 22.4 Å². The van der Waals surface area contributed by atoms with Crippen LogP contribution in [0.3, 0.4) is 0 Å². The van der Waals surface area contributed by atoms with Crippen LogP contribution in [0, 0.1) is 0 Å². The number of rotatable bonds is 8. The molecule has 0 fully saturated rings. The Morgan fingerprint density at radius 1 is 1.16 bits per heavy atom. The van der Waals surface area contributed by atoms with Gasteiger partial charge in [-0.3, -0.25) is 4.79 Å². The average molecular weight is 455 g/mol. The van der Waals surface area contributed by atoms with Gasteiger partial charge in [-0.25, -0.2) is 13.4 Å². The van der Waals surface area contributed by atoms with Crippen molar-refractivity contribution >= 4 is 15.9 Å². The SMILES string of the molecule is COc1ccc2c(c1)CCN(S(=O)(=O)CCNC(=O)c1ccc(Cn3ccnc3)cc1)C2.